The quantitative estimate of drug-likeness (QED) is 0.605. The van der Waals surface area contributed by atoms with Crippen LogP contribution in [0.15, 0.2) is 12.1 Å². The number of hydrogen-bond acceptors (Lipinski definition) is 6. The lowest BCUT2D eigenvalue weighted by Gasteiger charge is -2.21. The SMILES string of the molecule is CCOc1cc(C(=O)OC(C)(C)C)c(OCC)cc1B(O)O. The molecule has 0 aliphatic heterocycles. The number of carbonyl (C=O) groups is 1. The molecule has 0 heterocycles. The molecule has 1 aromatic carbocycles. The summed E-state index contributed by atoms with van der Waals surface area (Å²) >= 11 is 0. The lowest BCUT2D eigenvalue weighted by Crippen LogP contribution is -2.32. The summed E-state index contributed by atoms with van der Waals surface area (Å²) in [4.78, 5) is 12.3. The molecule has 0 saturated heterocycles. The number of esters is 1. The van der Waals surface area contributed by atoms with E-state index in [0.29, 0.717) is 13.2 Å². The number of benzene rings is 1. The fourth-order valence-corrected chi connectivity index (χ4v) is 1.83. The van der Waals surface area contributed by atoms with Crippen LogP contribution in [0.5, 0.6) is 11.5 Å². The average molecular weight is 310 g/mol. The molecular formula is C15H23BO6. The van der Waals surface area contributed by atoms with Gasteiger partial charge in [0.15, 0.2) is 0 Å². The predicted molar refractivity (Wildman–Crippen MR) is 83.8 cm³/mol. The minimum atomic E-state index is -1.73. The van der Waals surface area contributed by atoms with E-state index in [9.17, 15) is 14.8 Å². The molecule has 22 heavy (non-hydrogen) atoms. The van der Waals surface area contributed by atoms with E-state index >= 15 is 0 Å². The van der Waals surface area contributed by atoms with Crippen LogP contribution < -0.4 is 14.9 Å². The van der Waals surface area contributed by atoms with Crippen molar-refractivity contribution in [1.82, 2.24) is 0 Å². The van der Waals surface area contributed by atoms with Gasteiger partial charge in [-0.1, -0.05) is 0 Å². The first-order chi connectivity index (χ1) is 10.2. The summed E-state index contributed by atoms with van der Waals surface area (Å²) in [7, 11) is -1.73. The maximum Gasteiger partial charge on any atom is 0.492 e. The summed E-state index contributed by atoms with van der Waals surface area (Å²) in [5, 5.41) is 18.9. The fraction of sp³-hybridized carbons (Fsp3) is 0.533. The Hall–Kier alpha value is -1.73. The maximum absolute atomic E-state index is 12.3. The van der Waals surface area contributed by atoms with E-state index in [1.165, 1.54) is 12.1 Å². The molecule has 0 amide bonds. The summed E-state index contributed by atoms with van der Waals surface area (Å²) in [6.45, 7) is 9.47. The molecule has 0 radical (unpaired) electrons. The standard InChI is InChI=1S/C15H23BO6/c1-6-20-12-9-11(16(18)19)13(21-7-2)8-10(12)14(17)22-15(3,4)5/h8-9,18-19H,6-7H2,1-5H3. The summed E-state index contributed by atoms with van der Waals surface area (Å²) < 4.78 is 16.1. The largest absolute Gasteiger partial charge is 0.494 e. The van der Waals surface area contributed by atoms with Gasteiger partial charge in [-0.3, -0.25) is 0 Å². The van der Waals surface area contributed by atoms with Crippen molar-refractivity contribution in [2.45, 2.75) is 40.2 Å². The fourth-order valence-electron chi connectivity index (χ4n) is 1.83. The van der Waals surface area contributed by atoms with Gasteiger partial charge in [-0.2, -0.15) is 0 Å². The molecule has 2 N–H and O–H groups in total. The molecule has 0 unspecified atom stereocenters. The molecule has 0 saturated carbocycles. The van der Waals surface area contributed by atoms with Gasteiger partial charge in [0.2, 0.25) is 0 Å². The van der Waals surface area contributed by atoms with Crippen LogP contribution in [0.3, 0.4) is 0 Å². The number of ether oxygens (including phenoxy) is 3. The minimum absolute atomic E-state index is 0.137. The highest BCUT2D eigenvalue weighted by Crippen LogP contribution is 2.26. The van der Waals surface area contributed by atoms with Crippen LogP contribution in [-0.2, 0) is 4.74 Å². The van der Waals surface area contributed by atoms with Gasteiger partial charge in [0, 0.05) is 5.46 Å². The van der Waals surface area contributed by atoms with Crippen molar-refractivity contribution in [2.75, 3.05) is 13.2 Å². The van der Waals surface area contributed by atoms with Gasteiger partial charge in [-0.05, 0) is 46.8 Å². The van der Waals surface area contributed by atoms with Gasteiger partial charge in [0.05, 0.1) is 13.2 Å². The second-order valence-electron chi connectivity index (χ2n) is 5.63. The van der Waals surface area contributed by atoms with Crippen LogP contribution in [0.2, 0.25) is 0 Å². The Labute approximate surface area is 131 Å². The molecule has 0 spiro atoms. The maximum atomic E-state index is 12.3. The normalized spacial score (nSPS) is 11.0. The molecule has 0 bridgehead atoms. The third-order valence-corrected chi connectivity index (χ3v) is 2.61. The third kappa shape index (κ3) is 4.93. The molecule has 7 heteroatoms. The van der Waals surface area contributed by atoms with Gasteiger partial charge in [-0.15, -0.1) is 0 Å². The van der Waals surface area contributed by atoms with Gasteiger partial charge >= 0.3 is 13.1 Å². The summed E-state index contributed by atoms with van der Waals surface area (Å²) in [6.07, 6.45) is 0. The Bertz CT molecular complexity index is 521. The number of rotatable bonds is 6. The van der Waals surface area contributed by atoms with Crippen molar-refractivity contribution < 1.29 is 29.1 Å². The van der Waals surface area contributed by atoms with E-state index in [2.05, 4.69) is 0 Å². The summed E-state index contributed by atoms with van der Waals surface area (Å²) in [5.74, 6) is -0.124. The highest BCUT2D eigenvalue weighted by Gasteiger charge is 2.26. The predicted octanol–water partition coefficient (Wildman–Crippen LogP) is 1.12. The lowest BCUT2D eigenvalue weighted by atomic mass is 9.79. The van der Waals surface area contributed by atoms with E-state index in [1.54, 1.807) is 34.6 Å². The van der Waals surface area contributed by atoms with Gasteiger partial charge in [-0.25, -0.2) is 4.79 Å². The zero-order chi connectivity index (χ0) is 16.9. The molecule has 122 valence electrons. The van der Waals surface area contributed by atoms with Crippen molar-refractivity contribution in [1.29, 1.82) is 0 Å². The summed E-state index contributed by atoms with van der Waals surface area (Å²) in [6, 6.07) is 2.80. The Morgan fingerprint density at radius 3 is 2.09 bits per heavy atom. The molecule has 6 nitrogen and oxygen atoms in total. The summed E-state index contributed by atoms with van der Waals surface area (Å²) in [5.41, 5.74) is -0.330. The first kappa shape index (κ1) is 18.3. The van der Waals surface area contributed by atoms with E-state index in [4.69, 9.17) is 14.2 Å². The van der Waals surface area contributed by atoms with Crippen LogP contribution in [0.1, 0.15) is 45.0 Å². The Balaban J connectivity index is 3.34. The number of hydrogen-bond donors (Lipinski definition) is 2. The van der Waals surface area contributed by atoms with Gasteiger partial charge in [0.1, 0.15) is 22.7 Å². The first-order valence-electron chi connectivity index (χ1n) is 7.22. The van der Waals surface area contributed by atoms with Gasteiger partial charge in [0.25, 0.3) is 0 Å². The van der Waals surface area contributed by atoms with Crippen molar-refractivity contribution in [3.8, 4) is 11.5 Å². The lowest BCUT2D eigenvalue weighted by molar-refractivity contribution is 0.00655. The second kappa shape index (κ2) is 7.51. The zero-order valence-electron chi connectivity index (χ0n) is 13.7. The highest BCUT2D eigenvalue weighted by molar-refractivity contribution is 6.59. The Morgan fingerprint density at radius 2 is 1.64 bits per heavy atom. The van der Waals surface area contributed by atoms with Crippen LogP contribution in [0.25, 0.3) is 0 Å². The van der Waals surface area contributed by atoms with Gasteiger partial charge < -0.3 is 24.3 Å². The monoisotopic (exact) mass is 310 g/mol. The Morgan fingerprint density at radius 1 is 1.09 bits per heavy atom. The van der Waals surface area contributed by atoms with Crippen molar-refractivity contribution in [2.24, 2.45) is 0 Å². The second-order valence-corrected chi connectivity index (χ2v) is 5.63. The molecule has 0 fully saturated rings. The molecular weight excluding hydrogens is 287 g/mol. The van der Waals surface area contributed by atoms with Crippen LogP contribution in [-0.4, -0.2) is 42.0 Å². The van der Waals surface area contributed by atoms with Crippen LogP contribution in [0.4, 0.5) is 0 Å². The van der Waals surface area contributed by atoms with E-state index in [1.807, 2.05) is 0 Å². The smallest absolute Gasteiger partial charge is 0.492 e. The van der Waals surface area contributed by atoms with Crippen LogP contribution >= 0.6 is 0 Å². The van der Waals surface area contributed by atoms with Crippen LogP contribution in [0, 0.1) is 0 Å². The number of carbonyl (C=O) groups excluding carboxylic acids is 1. The Kier molecular flexibility index (Phi) is 6.26. The molecule has 0 aliphatic rings. The van der Waals surface area contributed by atoms with Crippen molar-refractivity contribution >= 4 is 18.6 Å². The minimum Gasteiger partial charge on any atom is -0.494 e. The topological polar surface area (TPSA) is 85.2 Å². The molecule has 0 aromatic heterocycles. The molecule has 0 atom stereocenters. The van der Waals surface area contributed by atoms with E-state index in [0.717, 1.165) is 0 Å². The highest BCUT2D eigenvalue weighted by atomic mass is 16.6. The van der Waals surface area contributed by atoms with Crippen molar-refractivity contribution in [3.05, 3.63) is 17.7 Å². The first-order valence-corrected chi connectivity index (χ1v) is 7.22. The molecule has 1 rings (SSSR count). The molecule has 1 aromatic rings. The average Bonchev–Trinajstić information content (AvgIpc) is 2.38. The molecule has 0 aliphatic carbocycles. The zero-order valence-corrected chi connectivity index (χ0v) is 13.7. The third-order valence-electron chi connectivity index (χ3n) is 2.61. The van der Waals surface area contributed by atoms with E-state index in [-0.39, 0.29) is 22.5 Å². The van der Waals surface area contributed by atoms with E-state index < -0.39 is 18.7 Å². The van der Waals surface area contributed by atoms with Crippen molar-refractivity contribution in [3.63, 3.8) is 0 Å².